The van der Waals surface area contributed by atoms with Gasteiger partial charge in [-0.3, -0.25) is 0 Å². The lowest BCUT2D eigenvalue weighted by Gasteiger charge is -2.22. The molecule has 0 fully saturated rings. The van der Waals surface area contributed by atoms with E-state index in [1.54, 1.807) is 18.0 Å². The van der Waals surface area contributed by atoms with Crippen LogP contribution < -0.4 is 9.64 Å². The molecule has 1 aliphatic rings. The molecule has 0 bridgehead atoms. The van der Waals surface area contributed by atoms with Gasteiger partial charge in [0.2, 0.25) is 0 Å². The maximum absolute atomic E-state index is 13.4. The van der Waals surface area contributed by atoms with Gasteiger partial charge in [0, 0.05) is 30.3 Å². The van der Waals surface area contributed by atoms with Crippen molar-refractivity contribution in [3.63, 3.8) is 0 Å². The van der Waals surface area contributed by atoms with Crippen molar-refractivity contribution in [3.8, 4) is 5.75 Å². The van der Waals surface area contributed by atoms with Crippen LogP contribution in [-0.4, -0.2) is 19.3 Å². The molecule has 7 heteroatoms. The van der Waals surface area contributed by atoms with Gasteiger partial charge >= 0.3 is 6.18 Å². The van der Waals surface area contributed by atoms with Gasteiger partial charge in [-0.15, -0.1) is 0 Å². The number of halogens is 5. The number of alkyl halides is 3. The summed E-state index contributed by atoms with van der Waals surface area (Å²) in [6.07, 6.45) is -2.27. The molecule has 0 amide bonds. The fourth-order valence-corrected chi connectivity index (χ4v) is 2.25. The predicted octanol–water partition coefficient (Wildman–Crippen LogP) is 4.37. The molecule has 0 aliphatic carbocycles. The van der Waals surface area contributed by atoms with E-state index in [0.717, 1.165) is 6.07 Å². The van der Waals surface area contributed by atoms with Gasteiger partial charge in [0.1, 0.15) is 11.6 Å². The zero-order valence-corrected chi connectivity index (χ0v) is 11.4. The van der Waals surface area contributed by atoms with E-state index in [4.69, 9.17) is 16.3 Å². The minimum atomic E-state index is -4.48. The quantitative estimate of drug-likeness (QED) is 0.769. The van der Waals surface area contributed by atoms with Gasteiger partial charge in [-0.25, -0.2) is 4.39 Å². The highest BCUT2D eigenvalue weighted by molar-refractivity contribution is 6.30. The number of anilines is 1. The Morgan fingerprint density at radius 3 is 2.60 bits per heavy atom. The number of rotatable bonds is 3. The molecular weight excluding hydrogens is 298 g/mol. The monoisotopic (exact) mass is 309 g/mol. The van der Waals surface area contributed by atoms with Crippen LogP contribution in [0.25, 0.3) is 0 Å². The Hall–Kier alpha value is -1.43. The van der Waals surface area contributed by atoms with Gasteiger partial charge in [0.25, 0.3) is 0 Å². The normalized spacial score (nSPS) is 15.5. The van der Waals surface area contributed by atoms with E-state index < -0.39 is 18.6 Å². The van der Waals surface area contributed by atoms with E-state index in [0.29, 0.717) is 29.2 Å². The van der Waals surface area contributed by atoms with Gasteiger partial charge in [-0.1, -0.05) is 11.6 Å². The Balaban J connectivity index is 2.34. The highest BCUT2D eigenvalue weighted by Crippen LogP contribution is 2.37. The van der Waals surface area contributed by atoms with Crippen LogP contribution >= 0.6 is 11.6 Å². The molecule has 1 aromatic rings. The summed E-state index contributed by atoms with van der Waals surface area (Å²) >= 11 is 5.87. The van der Waals surface area contributed by atoms with Crippen LogP contribution in [0.15, 0.2) is 23.4 Å². The second-order valence-corrected chi connectivity index (χ2v) is 4.98. The third-order valence-corrected chi connectivity index (χ3v) is 3.08. The number of benzene rings is 1. The standard InChI is InChI=1S/C13H12ClF4NO/c1-8-4-10(15)5-11(20-7-13(16,17)18)12(8)19-3-2-9(14)6-19/h4-6H,2-3,7H2,1H3. The Labute approximate surface area is 118 Å². The lowest BCUT2D eigenvalue weighted by atomic mass is 10.1. The van der Waals surface area contributed by atoms with Gasteiger partial charge < -0.3 is 9.64 Å². The van der Waals surface area contributed by atoms with Crippen LogP contribution in [0.2, 0.25) is 0 Å². The second kappa shape index (κ2) is 5.52. The van der Waals surface area contributed by atoms with E-state index in [-0.39, 0.29) is 5.75 Å². The van der Waals surface area contributed by atoms with E-state index in [1.807, 2.05) is 0 Å². The van der Waals surface area contributed by atoms with Crippen molar-refractivity contribution >= 4 is 17.3 Å². The number of hydrogen-bond acceptors (Lipinski definition) is 2. The molecule has 1 heterocycles. The predicted molar refractivity (Wildman–Crippen MR) is 68.6 cm³/mol. The molecule has 0 saturated heterocycles. The van der Waals surface area contributed by atoms with Crippen molar-refractivity contribution < 1.29 is 22.3 Å². The van der Waals surface area contributed by atoms with Crippen molar-refractivity contribution in [1.82, 2.24) is 0 Å². The third kappa shape index (κ3) is 3.56. The maximum Gasteiger partial charge on any atom is 0.422 e. The zero-order valence-electron chi connectivity index (χ0n) is 10.6. The van der Waals surface area contributed by atoms with Crippen molar-refractivity contribution in [3.05, 3.63) is 34.7 Å². The molecule has 110 valence electrons. The van der Waals surface area contributed by atoms with E-state index in [9.17, 15) is 17.6 Å². The van der Waals surface area contributed by atoms with Crippen molar-refractivity contribution in [2.45, 2.75) is 19.5 Å². The molecule has 2 nitrogen and oxygen atoms in total. The second-order valence-electron chi connectivity index (χ2n) is 4.49. The van der Waals surface area contributed by atoms with E-state index in [2.05, 4.69) is 0 Å². The lowest BCUT2D eigenvalue weighted by molar-refractivity contribution is -0.153. The molecule has 0 spiro atoms. The van der Waals surface area contributed by atoms with Gasteiger partial charge in [0.15, 0.2) is 6.61 Å². The summed E-state index contributed by atoms with van der Waals surface area (Å²) in [5.74, 6) is -0.778. The van der Waals surface area contributed by atoms with E-state index in [1.165, 1.54) is 6.07 Å². The molecule has 0 aromatic heterocycles. The molecule has 20 heavy (non-hydrogen) atoms. The Morgan fingerprint density at radius 2 is 2.05 bits per heavy atom. The largest absolute Gasteiger partial charge is 0.482 e. The minimum absolute atomic E-state index is 0.137. The van der Waals surface area contributed by atoms with Crippen LogP contribution in [0.3, 0.4) is 0 Å². The molecule has 0 atom stereocenters. The van der Waals surface area contributed by atoms with Gasteiger partial charge in [0.05, 0.1) is 5.69 Å². The first-order chi connectivity index (χ1) is 9.26. The Bertz CT molecular complexity index is 542. The van der Waals surface area contributed by atoms with Crippen LogP contribution in [0.5, 0.6) is 5.75 Å². The average molecular weight is 310 g/mol. The highest BCUT2D eigenvalue weighted by atomic mass is 35.5. The molecule has 0 unspecified atom stereocenters. The fourth-order valence-electron chi connectivity index (χ4n) is 2.04. The van der Waals surface area contributed by atoms with Crippen LogP contribution in [0.4, 0.5) is 23.2 Å². The summed E-state index contributed by atoms with van der Waals surface area (Å²) in [4.78, 5) is 1.67. The molecule has 0 saturated carbocycles. The minimum Gasteiger partial charge on any atom is -0.482 e. The Kier molecular flexibility index (Phi) is 4.13. The lowest BCUT2D eigenvalue weighted by Crippen LogP contribution is -2.21. The van der Waals surface area contributed by atoms with Crippen molar-refractivity contribution in [1.29, 1.82) is 0 Å². The van der Waals surface area contributed by atoms with Gasteiger partial charge in [-0.05, 0) is 18.6 Å². The number of hydrogen-bond donors (Lipinski definition) is 0. The fraction of sp³-hybridized carbons (Fsp3) is 0.385. The summed E-state index contributed by atoms with van der Waals surface area (Å²) < 4.78 is 54.8. The number of ether oxygens (including phenoxy) is 1. The summed E-state index contributed by atoms with van der Waals surface area (Å²) in [5.41, 5.74) is 0.899. The summed E-state index contributed by atoms with van der Waals surface area (Å²) in [6, 6.07) is 2.20. The molecule has 0 N–H and O–H groups in total. The first-order valence-electron chi connectivity index (χ1n) is 5.89. The molecule has 1 aromatic carbocycles. The topological polar surface area (TPSA) is 12.5 Å². The van der Waals surface area contributed by atoms with Crippen molar-refractivity contribution in [2.75, 3.05) is 18.1 Å². The smallest absolute Gasteiger partial charge is 0.422 e. The van der Waals surface area contributed by atoms with Gasteiger partial charge in [-0.2, -0.15) is 13.2 Å². The molecule has 0 radical (unpaired) electrons. The van der Waals surface area contributed by atoms with Crippen LogP contribution in [0.1, 0.15) is 12.0 Å². The van der Waals surface area contributed by atoms with Crippen LogP contribution in [0, 0.1) is 12.7 Å². The first-order valence-corrected chi connectivity index (χ1v) is 6.26. The molecule has 2 rings (SSSR count). The first kappa shape index (κ1) is 15.0. The number of aryl methyl sites for hydroxylation is 1. The molecular formula is C13H12ClF4NO. The number of nitrogens with zero attached hydrogens (tertiary/aromatic N) is 1. The zero-order chi connectivity index (χ0) is 14.9. The summed E-state index contributed by atoms with van der Waals surface area (Å²) in [6.45, 7) is 0.667. The van der Waals surface area contributed by atoms with Crippen molar-refractivity contribution in [2.24, 2.45) is 0 Å². The Morgan fingerprint density at radius 1 is 1.35 bits per heavy atom. The average Bonchev–Trinajstić information content (AvgIpc) is 2.71. The summed E-state index contributed by atoms with van der Waals surface area (Å²) in [7, 11) is 0. The molecule has 1 aliphatic heterocycles. The highest BCUT2D eigenvalue weighted by Gasteiger charge is 2.30. The maximum atomic E-state index is 13.4. The SMILES string of the molecule is Cc1cc(F)cc(OCC(F)(F)F)c1N1C=C(Cl)CC1. The third-order valence-electron chi connectivity index (χ3n) is 2.80. The summed E-state index contributed by atoms with van der Waals surface area (Å²) in [5, 5.41) is 0.593. The van der Waals surface area contributed by atoms with E-state index >= 15 is 0 Å². The van der Waals surface area contributed by atoms with Crippen LogP contribution in [-0.2, 0) is 0 Å².